The van der Waals surface area contributed by atoms with Crippen molar-refractivity contribution in [3.05, 3.63) is 22.4 Å². The number of nitrogens with two attached hydrogens (primary N) is 1. The van der Waals surface area contributed by atoms with Gasteiger partial charge in [0.1, 0.15) is 0 Å². The fourth-order valence-electron chi connectivity index (χ4n) is 2.48. The molecule has 0 amide bonds. The Morgan fingerprint density at radius 1 is 1.59 bits per heavy atom. The van der Waals surface area contributed by atoms with Crippen LogP contribution in [0.25, 0.3) is 0 Å². The van der Waals surface area contributed by atoms with E-state index in [9.17, 15) is 0 Å². The standard InChI is InChI=1S/C12H17N3OS/c13-12-14-7-10(11-4-2-6-17-11)15(12)8-9-3-1-5-16-9/h2,4,6,9-10H,1,3,5,7-8H2,(H2,13,14). The van der Waals surface area contributed by atoms with Crippen LogP contribution in [-0.2, 0) is 4.74 Å². The molecule has 0 bridgehead atoms. The first-order valence-electron chi connectivity index (χ1n) is 6.06. The molecule has 1 aromatic rings. The van der Waals surface area contributed by atoms with E-state index in [1.807, 2.05) is 0 Å². The van der Waals surface area contributed by atoms with E-state index in [0.717, 1.165) is 26.1 Å². The Labute approximate surface area is 105 Å². The summed E-state index contributed by atoms with van der Waals surface area (Å²) in [6, 6.07) is 4.56. The van der Waals surface area contributed by atoms with Crippen LogP contribution in [0.3, 0.4) is 0 Å². The first-order valence-corrected chi connectivity index (χ1v) is 6.94. The molecule has 2 atom stereocenters. The minimum atomic E-state index is 0.319. The van der Waals surface area contributed by atoms with Crippen LogP contribution >= 0.6 is 11.3 Å². The maximum absolute atomic E-state index is 5.98. The lowest BCUT2D eigenvalue weighted by atomic mass is 10.2. The summed E-state index contributed by atoms with van der Waals surface area (Å²) in [6.07, 6.45) is 2.63. The van der Waals surface area contributed by atoms with Crippen molar-refractivity contribution in [1.29, 1.82) is 0 Å². The van der Waals surface area contributed by atoms with Crippen LogP contribution in [0.2, 0.25) is 0 Å². The molecular formula is C12H17N3OS. The van der Waals surface area contributed by atoms with Crippen molar-refractivity contribution in [1.82, 2.24) is 4.90 Å². The van der Waals surface area contributed by atoms with E-state index in [-0.39, 0.29) is 0 Å². The zero-order chi connectivity index (χ0) is 11.7. The SMILES string of the molecule is NC1=NCC(c2cccs2)N1CC1CCCO1. The average Bonchev–Trinajstić information content (AvgIpc) is 3.03. The van der Waals surface area contributed by atoms with E-state index in [1.54, 1.807) is 11.3 Å². The van der Waals surface area contributed by atoms with Crippen LogP contribution in [0.5, 0.6) is 0 Å². The van der Waals surface area contributed by atoms with Crippen LogP contribution in [0.15, 0.2) is 22.5 Å². The van der Waals surface area contributed by atoms with Crippen LogP contribution < -0.4 is 5.73 Å². The highest BCUT2D eigenvalue weighted by atomic mass is 32.1. The van der Waals surface area contributed by atoms with E-state index in [4.69, 9.17) is 10.5 Å². The van der Waals surface area contributed by atoms with Gasteiger partial charge in [0.15, 0.2) is 5.96 Å². The molecule has 1 aromatic heterocycles. The van der Waals surface area contributed by atoms with Crippen molar-refractivity contribution < 1.29 is 4.74 Å². The molecule has 0 radical (unpaired) electrons. The molecule has 1 saturated heterocycles. The lowest BCUT2D eigenvalue weighted by Gasteiger charge is -2.27. The summed E-state index contributed by atoms with van der Waals surface area (Å²) in [7, 11) is 0. The summed E-state index contributed by atoms with van der Waals surface area (Å²) in [4.78, 5) is 7.90. The molecule has 0 saturated carbocycles. The van der Waals surface area contributed by atoms with E-state index >= 15 is 0 Å². The van der Waals surface area contributed by atoms with Gasteiger partial charge in [0.05, 0.1) is 18.7 Å². The predicted octanol–water partition coefficient (Wildman–Crippen LogP) is 1.60. The molecule has 1 fully saturated rings. The second-order valence-electron chi connectivity index (χ2n) is 4.52. The first-order chi connectivity index (χ1) is 8.34. The molecule has 4 nitrogen and oxygen atoms in total. The van der Waals surface area contributed by atoms with Gasteiger partial charge < -0.3 is 15.4 Å². The minimum Gasteiger partial charge on any atom is -0.376 e. The van der Waals surface area contributed by atoms with Crippen LogP contribution in [0.1, 0.15) is 23.8 Å². The van der Waals surface area contributed by atoms with Gasteiger partial charge in [0.25, 0.3) is 0 Å². The van der Waals surface area contributed by atoms with E-state index in [1.165, 1.54) is 11.3 Å². The maximum Gasteiger partial charge on any atom is 0.192 e. The number of rotatable bonds is 3. The Bertz CT molecular complexity index is 398. The molecule has 3 heterocycles. The third kappa shape index (κ3) is 2.17. The van der Waals surface area contributed by atoms with Crippen LogP contribution in [0.4, 0.5) is 0 Å². The minimum absolute atomic E-state index is 0.319. The summed E-state index contributed by atoms with van der Waals surface area (Å²) in [5.41, 5.74) is 5.98. The second kappa shape index (κ2) is 4.66. The highest BCUT2D eigenvalue weighted by Crippen LogP contribution is 2.30. The van der Waals surface area contributed by atoms with Gasteiger partial charge in [-0.05, 0) is 24.3 Å². The number of hydrogen-bond donors (Lipinski definition) is 1. The first kappa shape index (κ1) is 11.0. The monoisotopic (exact) mass is 251 g/mol. The lowest BCUT2D eigenvalue weighted by molar-refractivity contribution is 0.0856. The molecule has 0 spiro atoms. The number of thiophene rings is 1. The van der Waals surface area contributed by atoms with Crippen molar-refractivity contribution in [2.24, 2.45) is 10.7 Å². The maximum atomic E-state index is 5.98. The average molecular weight is 251 g/mol. The van der Waals surface area contributed by atoms with Gasteiger partial charge in [-0.1, -0.05) is 6.07 Å². The van der Waals surface area contributed by atoms with E-state index in [2.05, 4.69) is 27.4 Å². The zero-order valence-corrected chi connectivity index (χ0v) is 10.5. The third-order valence-electron chi connectivity index (χ3n) is 3.39. The Kier molecular flexibility index (Phi) is 3.03. The number of ether oxygens (including phenoxy) is 1. The molecule has 2 N–H and O–H groups in total. The molecule has 2 aliphatic rings. The fraction of sp³-hybridized carbons (Fsp3) is 0.583. The quantitative estimate of drug-likeness (QED) is 0.887. The Balaban J connectivity index is 1.72. The van der Waals surface area contributed by atoms with Gasteiger partial charge in [-0.3, -0.25) is 4.99 Å². The molecule has 2 unspecified atom stereocenters. The van der Waals surface area contributed by atoms with Gasteiger partial charge in [-0.25, -0.2) is 0 Å². The number of nitrogens with zero attached hydrogens (tertiary/aromatic N) is 2. The molecule has 92 valence electrons. The molecular weight excluding hydrogens is 234 g/mol. The summed E-state index contributed by atoms with van der Waals surface area (Å²) in [6.45, 7) is 2.54. The number of guanidine groups is 1. The van der Waals surface area contributed by atoms with Crippen molar-refractivity contribution in [3.63, 3.8) is 0 Å². The van der Waals surface area contributed by atoms with Crippen LogP contribution in [0, 0.1) is 0 Å². The summed E-state index contributed by atoms with van der Waals surface area (Å²) in [5, 5.41) is 2.11. The van der Waals surface area contributed by atoms with Gasteiger partial charge in [0, 0.05) is 18.0 Å². The zero-order valence-electron chi connectivity index (χ0n) is 9.71. The smallest absolute Gasteiger partial charge is 0.192 e. The van der Waals surface area contributed by atoms with E-state index < -0.39 is 0 Å². The molecule has 0 aliphatic carbocycles. The second-order valence-corrected chi connectivity index (χ2v) is 5.50. The highest BCUT2D eigenvalue weighted by Gasteiger charge is 2.31. The van der Waals surface area contributed by atoms with Crippen molar-refractivity contribution >= 4 is 17.3 Å². The topological polar surface area (TPSA) is 50.8 Å². The molecule has 2 aliphatic heterocycles. The third-order valence-corrected chi connectivity index (χ3v) is 4.37. The summed E-state index contributed by atoms with van der Waals surface area (Å²) < 4.78 is 5.68. The highest BCUT2D eigenvalue weighted by molar-refractivity contribution is 7.10. The normalized spacial score (nSPS) is 28.7. The number of hydrogen-bond acceptors (Lipinski definition) is 5. The largest absolute Gasteiger partial charge is 0.376 e. The number of aliphatic imine (C=N–C) groups is 1. The lowest BCUT2D eigenvalue weighted by Crippen LogP contribution is -2.40. The van der Waals surface area contributed by atoms with Gasteiger partial charge in [0.2, 0.25) is 0 Å². The van der Waals surface area contributed by atoms with Gasteiger partial charge in [-0.15, -0.1) is 11.3 Å². The fourth-order valence-corrected chi connectivity index (χ4v) is 3.31. The van der Waals surface area contributed by atoms with Crippen molar-refractivity contribution in [2.75, 3.05) is 19.7 Å². The Morgan fingerprint density at radius 2 is 2.53 bits per heavy atom. The van der Waals surface area contributed by atoms with Crippen molar-refractivity contribution in [3.8, 4) is 0 Å². The Morgan fingerprint density at radius 3 is 3.24 bits per heavy atom. The van der Waals surface area contributed by atoms with Crippen LogP contribution in [-0.4, -0.2) is 36.7 Å². The summed E-state index contributed by atoms with van der Waals surface area (Å²) >= 11 is 1.77. The molecule has 3 rings (SSSR count). The van der Waals surface area contributed by atoms with Gasteiger partial charge in [-0.2, -0.15) is 0 Å². The predicted molar refractivity (Wildman–Crippen MR) is 69.2 cm³/mol. The van der Waals surface area contributed by atoms with Crippen molar-refractivity contribution in [2.45, 2.75) is 25.0 Å². The van der Waals surface area contributed by atoms with E-state index in [0.29, 0.717) is 18.1 Å². The Hall–Kier alpha value is -1.07. The summed E-state index contributed by atoms with van der Waals surface area (Å²) in [5.74, 6) is 0.666. The van der Waals surface area contributed by atoms with Gasteiger partial charge >= 0.3 is 0 Å². The molecule has 0 aromatic carbocycles. The molecule has 5 heteroatoms. The molecule has 17 heavy (non-hydrogen) atoms.